The molecular formula is C19H18F3N3O3. The predicted molar refractivity (Wildman–Crippen MR) is 94.6 cm³/mol. The van der Waals surface area contributed by atoms with Crippen molar-refractivity contribution in [1.82, 2.24) is 10.2 Å². The van der Waals surface area contributed by atoms with Crippen LogP contribution in [0.2, 0.25) is 0 Å². The number of hydrogen-bond donors (Lipinski definition) is 2. The Morgan fingerprint density at radius 3 is 2.43 bits per heavy atom. The highest BCUT2D eigenvalue weighted by Gasteiger charge is 2.39. The zero-order valence-corrected chi connectivity index (χ0v) is 14.8. The van der Waals surface area contributed by atoms with Gasteiger partial charge in [-0.05, 0) is 55.3 Å². The Hall–Kier alpha value is -2.81. The van der Waals surface area contributed by atoms with Gasteiger partial charge < -0.3 is 20.0 Å². The van der Waals surface area contributed by atoms with Crippen LogP contribution in [-0.2, 0) is 4.79 Å². The lowest BCUT2D eigenvalue weighted by atomic mass is 10.00. The van der Waals surface area contributed by atoms with Gasteiger partial charge >= 0.3 is 12.1 Å². The third kappa shape index (κ3) is 3.75. The molecule has 0 aliphatic carbocycles. The van der Waals surface area contributed by atoms with Gasteiger partial charge in [-0.3, -0.25) is 9.59 Å². The largest absolute Gasteiger partial charge is 0.471 e. The summed E-state index contributed by atoms with van der Waals surface area (Å²) in [6.07, 6.45) is -3.86. The molecule has 0 saturated carbocycles. The number of anilines is 1. The number of amides is 2. The van der Waals surface area contributed by atoms with Crippen LogP contribution in [0.25, 0.3) is 11.3 Å². The molecule has 3 heterocycles. The third-order valence-corrected chi connectivity index (χ3v) is 5.16. The van der Waals surface area contributed by atoms with Crippen molar-refractivity contribution in [2.24, 2.45) is 5.92 Å². The van der Waals surface area contributed by atoms with Gasteiger partial charge in [-0.2, -0.15) is 13.2 Å². The summed E-state index contributed by atoms with van der Waals surface area (Å²) in [7, 11) is 0. The second-order valence-electron chi connectivity index (χ2n) is 7.08. The molecule has 1 unspecified atom stereocenters. The Morgan fingerprint density at radius 1 is 1.07 bits per heavy atom. The third-order valence-electron chi connectivity index (χ3n) is 5.16. The van der Waals surface area contributed by atoms with E-state index >= 15 is 0 Å². The molecule has 0 radical (unpaired) electrons. The molecule has 2 saturated heterocycles. The van der Waals surface area contributed by atoms with Gasteiger partial charge in [0.05, 0.1) is 0 Å². The zero-order valence-electron chi connectivity index (χ0n) is 14.8. The molecule has 1 aromatic carbocycles. The van der Waals surface area contributed by atoms with Crippen LogP contribution in [-0.4, -0.2) is 48.6 Å². The molecule has 148 valence electrons. The Bertz CT molecular complexity index is 892. The number of hydrogen-bond acceptors (Lipinski definition) is 4. The minimum atomic E-state index is -4.95. The molecule has 9 heteroatoms. The van der Waals surface area contributed by atoms with Gasteiger partial charge in [0.1, 0.15) is 5.76 Å². The van der Waals surface area contributed by atoms with E-state index in [9.17, 15) is 22.8 Å². The fourth-order valence-electron chi connectivity index (χ4n) is 3.72. The first-order valence-corrected chi connectivity index (χ1v) is 8.91. The van der Waals surface area contributed by atoms with Crippen molar-refractivity contribution in [3.8, 4) is 11.3 Å². The second-order valence-corrected chi connectivity index (χ2v) is 7.08. The number of alkyl halides is 3. The summed E-state index contributed by atoms with van der Waals surface area (Å²) in [5.41, 5.74) is 0.594. The maximum absolute atomic E-state index is 12.4. The van der Waals surface area contributed by atoms with E-state index in [-0.39, 0.29) is 23.4 Å². The van der Waals surface area contributed by atoms with Crippen molar-refractivity contribution in [3.05, 3.63) is 42.2 Å². The fraction of sp³-hybridized carbons (Fsp3) is 0.368. The number of carbonyl (C=O) groups excluding carboxylic acids is 2. The summed E-state index contributed by atoms with van der Waals surface area (Å²) < 4.78 is 42.5. The highest BCUT2D eigenvalue weighted by molar-refractivity contribution is 5.95. The molecule has 1 aromatic heterocycles. The standard InChI is InChI=1S/C19H18F3N3O3/c20-19(21,22)18(27)23-13-3-1-11(2-4-13)15-5-6-16(28-15)17(26)24-14-10-25-8-7-12(14)9-25/h1-6,12,14H,7-10H2,(H,23,27)(H,24,26)/t12-,14-/m0/s1. The van der Waals surface area contributed by atoms with Gasteiger partial charge in [0.15, 0.2) is 5.76 Å². The molecule has 2 N–H and O–H groups in total. The lowest BCUT2D eigenvalue weighted by Gasteiger charge is -2.22. The molecule has 2 aliphatic rings. The molecule has 4 rings (SSSR count). The fourth-order valence-corrected chi connectivity index (χ4v) is 3.72. The van der Waals surface area contributed by atoms with Crippen molar-refractivity contribution >= 4 is 17.5 Å². The van der Waals surface area contributed by atoms with Crippen LogP contribution in [0.15, 0.2) is 40.8 Å². The lowest BCUT2D eigenvalue weighted by molar-refractivity contribution is -0.167. The monoisotopic (exact) mass is 393 g/mol. The van der Waals surface area contributed by atoms with Crippen molar-refractivity contribution in [3.63, 3.8) is 0 Å². The van der Waals surface area contributed by atoms with Crippen LogP contribution in [0, 0.1) is 5.92 Å². The molecule has 2 aliphatic heterocycles. The Labute approximate surface area is 158 Å². The molecule has 2 bridgehead atoms. The summed E-state index contributed by atoms with van der Waals surface area (Å²) in [4.78, 5) is 25.7. The van der Waals surface area contributed by atoms with E-state index in [0.717, 1.165) is 26.1 Å². The van der Waals surface area contributed by atoms with Gasteiger partial charge in [-0.25, -0.2) is 0 Å². The van der Waals surface area contributed by atoms with Crippen molar-refractivity contribution in [2.75, 3.05) is 25.0 Å². The van der Waals surface area contributed by atoms with Gasteiger partial charge in [-0.1, -0.05) is 0 Å². The van der Waals surface area contributed by atoms with E-state index in [1.54, 1.807) is 17.4 Å². The summed E-state index contributed by atoms with van der Waals surface area (Å²) >= 11 is 0. The molecule has 28 heavy (non-hydrogen) atoms. The summed E-state index contributed by atoms with van der Waals surface area (Å²) in [6.45, 7) is 2.96. The number of furan rings is 1. The maximum Gasteiger partial charge on any atom is 0.471 e. The number of carbonyl (C=O) groups is 2. The zero-order chi connectivity index (χ0) is 19.9. The number of benzene rings is 1. The predicted octanol–water partition coefficient (Wildman–Crippen LogP) is 2.88. The Morgan fingerprint density at radius 2 is 1.82 bits per heavy atom. The molecule has 2 aromatic rings. The van der Waals surface area contributed by atoms with Crippen LogP contribution >= 0.6 is 0 Å². The summed E-state index contributed by atoms with van der Waals surface area (Å²) in [5, 5.41) is 4.78. The van der Waals surface area contributed by atoms with Gasteiger partial charge in [-0.15, -0.1) is 0 Å². The molecule has 6 nitrogen and oxygen atoms in total. The van der Waals surface area contributed by atoms with Crippen LogP contribution in [0.5, 0.6) is 0 Å². The molecule has 2 amide bonds. The number of halogens is 3. The minimum Gasteiger partial charge on any atom is -0.451 e. The first-order valence-electron chi connectivity index (χ1n) is 8.91. The molecule has 3 atom stereocenters. The van der Waals surface area contributed by atoms with E-state index in [4.69, 9.17) is 4.42 Å². The minimum absolute atomic E-state index is 0.0156. The number of fused-ring (bicyclic) bond motifs is 2. The van der Waals surface area contributed by atoms with Crippen LogP contribution in [0.1, 0.15) is 17.0 Å². The van der Waals surface area contributed by atoms with E-state index in [2.05, 4.69) is 10.2 Å². The average Bonchev–Trinajstić information content (AvgIpc) is 3.38. The van der Waals surface area contributed by atoms with Gasteiger partial charge in [0, 0.05) is 30.4 Å². The quantitative estimate of drug-likeness (QED) is 0.838. The van der Waals surface area contributed by atoms with Crippen molar-refractivity contribution in [2.45, 2.75) is 18.6 Å². The maximum atomic E-state index is 12.4. The van der Waals surface area contributed by atoms with E-state index < -0.39 is 12.1 Å². The van der Waals surface area contributed by atoms with Crippen LogP contribution < -0.4 is 10.6 Å². The van der Waals surface area contributed by atoms with Crippen LogP contribution in [0.3, 0.4) is 0 Å². The van der Waals surface area contributed by atoms with E-state index in [1.807, 2.05) is 0 Å². The molecule has 2 fully saturated rings. The normalized spacial score (nSPS) is 23.6. The number of piperidine rings is 1. The number of nitrogens with one attached hydrogen (secondary N) is 2. The topological polar surface area (TPSA) is 74.6 Å². The van der Waals surface area contributed by atoms with Gasteiger partial charge in [0.2, 0.25) is 0 Å². The number of nitrogens with zero attached hydrogens (tertiary/aromatic N) is 1. The first-order chi connectivity index (χ1) is 13.3. The highest BCUT2D eigenvalue weighted by Crippen LogP contribution is 2.29. The lowest BCUT2D eigenvalue weighted by Crippen LogP contribution is -2.43. The summed E-state index contributed by atoms with van der Waals surface area (Å²) in [5.74, 6) is -1.23. The average molecular weight is 393 g/mol. The first kappa shape index (κ1) is 18.5. The van der Waals surface area contributed by atoms with Crippen LogP contribution in [0.4, 0.5) is 18.9 Å². The smallest absolute Gasteiger partial charge is 0.451 e. The van der Waals surface area contributed by atoms with Gasteiger partial charge in [0.25, 0.3) is 5.91 Å². The Kier molecular flexibility index (Phi) is 4.62. The van der Waals surface area contributed by atoms with E-state index in [1.165, 1.54) is 24.3 Å². The number of rotatable bonds is 4. The molecular weight excluding hydrogens is 375 g/mol. The molecule has 0 spiro atoms. The highest BCUT2D eigenvalue weighted by atomic mass is 19.4. The summed E-state index contributed by atoms with van der Waals surface area (Å²) in [6, 6.07) is 9.02. The Balaban J connectivity index is 1.39. The van der Waals surface area contributed by atoms with Crippen molar-refractivity contribution < 1.29 is 27.2 Å². The van der Waals surface area contributed by atoms with Crippen molar-refractivity contribution in [1.29, 1.82) is 0 Å². The second kappa shape index (κ2) is 6.97. The van der Waals surface area contributed by atoms with E-state index in [0.29, 0.717) is 17.2 Å². The SMILES string of the molecule is O=C(N[C@H]1CN2CC[C@H]1C2)c1ccc(-c2ccc(NC(=O)C(F)(F)F)cc2)o1.